The lowest BCUT2D eigenvalue weighted by molar-refractivity contribution is 0.0994. The van der Waals surface area contributed by atoms with Gasteiger partial charge in [-0.3, -0.25) is 0 Å². The van der Waals surface area contributed by atoms with Crippen LogP contribution >= 0.6 is 0 Å². The molecule has 1 saturated heterocycles. The number of aliphatic hydroxyl groups is 1. The second-order valence-corrected chi connectivity index (χ2v) is 6.12. The number of nitrogens with two attached hydrogens (primary N) is 1. The van der Waals surface area contributed by atoms with Crippen LogP contribution in [-0.2, 0) is 6.42 Å². The Kier molecular flexibility index (Phi) is 6.02. The maximum atomic E-state index is 10.3. The van der Waals surface area contributed by atoms with Crippen molar-refractivity contribution in [1.82, 2.24) is 4.90 Å². The molecule has 0 bridgehead atoms. The SMILES string of the molecule is CCCC1CCN(CC(O)C(N)Cc2ccccc2)C1. The van der Waals surface area contributed by atoms with E-state index in [1.807, 2.05) is 18.2 Å². The Morgan fingerprint density at radius 2 is 2.10 bits per heavy atom. The van der Waals surface area contributed by atoms with Crippen LogP contribution in [0.2, 0.25) is 0 Å². The summed E-state index contributed by atoms with van der Waals surface area (Å²) in [7, 11) is 0. The van der Waals surface area contributed by atoms with E-state index in [9.17, 15) is 5.11 Å². The third-order valence-electron chi connectivity index (χ3n) is 4.32. The van der Waals surface area contributed by atoms with Gasteiger partial charge in [-0.05, 0) is 37.3 Å². The molecule has 3 N–H and O–H groups in total. The molecular formula is C17H28N2O. The van der Waals surface area contributed by atoms with Gasteiger partial charge in [0.2, 0.25) is 0 Å². The minimum absolute atomic E-state index is 0.178. The van der Waals surface area contributed by atoms with Crippen LogP contribution in [0.25, 0.3) is 0 Å². The lowest BCUT2D eigenvalue weighted by Gasteiger charge is -2.24. The average molecular weight is 276 g/mol. The number of hydrogen-bond donors (Lipinski definition) is 2. The molecule has 1 heterocycles. The topological polar surface area (TPSA) is 49.5 Å². The van der Waals surface area contributed by atoms with E-state index in [2.05, 4.69) is 24.0 Å². The predicted molar refractivity (Wildman–Crippen MR) is 83.6 cm³/mol. The first-order chi connectivity index (χ1) is 9.69. The Labute approximate surface area is 122 Å². The number of hydrogen-bond acceptors (Lipinski definition) is 3. The van der Waals surface area contributed by atoms with Crippen molar-refractivity contribution < 1.29 is 5.11 Å². The van der Waals surface area contributed by atoms with Crippen LogP contribution < -0.4 is 5.73 Å². The minimum Gasteiger partial charge on any atom is -0.390 e. The molecular weight excluding hydrogens is 248 g/mol. The average Bonchev–Trinajstić information content (AvgIpc) is 2.87. The third kappa shape index (κ3) is 4.58. The fourth-order valence-corrected chi connectivity index (χ4v) is 3.14. The summed E-state index contributed by atoms with van der Waals surface area (Å²) in [5, 5.41) is 10.3. The van der Waals surface area contributed by atoms with Gasteiger partial charge in [0.25, 0.3) is 0 Å². The van der Waals surface area contributed by atoms with Crippen molar-refractivity contribution in [2.24, 2.45) is 11.7 Å². The molecule has 0 aliphatic carbocycles. The van der Waals surface area contributed by atoms with Crippen LogP contribution in [-0.4, -0.2) is 41.8 Å². The van der Waals surface area contributed by atoms with Crippen molar-refractivity contribution in [3.05, 3.63) is 35.9 Å². The van der Waals surface area contributed by atoms with Crippen molar-refractivity contribution in [3.63, 3.8) is 0 Å². The summed E-state index contributed by atoms with van der Waals surface area (Å²) in [5.41, 5.74) is 7.34. The number of benzene rings is 1. The molecule has 20 heavy (non-hydrogen) atoms. The van der Waals surface area contributed by atoms with Crippen LogP contribution in [0.4, 0.5) is 0 Å². The van der Waals surface area contributed by atoms with Gasteiger partial charge in [-0.15, -0.1) is 0 Å². The van der Waals surface area contributed by atoms with Crippen molar-refractivity contribution in [3.8, 4) is 0 Å². The summed E-state index contributed by atoms with van der Waals surface area (Å²) >= 11 is 0. The Balaban J connectivity index is 1.75. The highest BCUT2D eigenvalue weighted by Crippen LogP contribution is 2.21. The monoisotopic (exact) mass is 276 g/mol. The summed E-state index contributed by atoms with van der Waals surface area (Å²) in [6.07, 6.45) is 4.15. The predicted octanol–water partition coefficient (Wildman–Crippen LogP) is 2.04. The normalized spacial score (nSPS) is 22.9. The first-order valence-electron chi connectivity index (χ1n) is 7.89. The van der Waals surface area contributed by atoms with Gasteiger partial charge >= 0.3 is 0 Å². The number of nitrogens with zero attached hydrogens (tertiary/aromatic N) is 1. The second kappa shape index (κ2) is 7.77. The fourth-order valence-electron chi connectivity index (χ4n) is 3.14. The summed E-state index contributed by atoms with van der Waals surface area (Å²) in [5.74, 6) is 0.817. The van der Waals surface area contributed by atoms with Gasteiger partial charge in [0.15, 0.2) is 0 Å². The molecule has 112 valence electrons. The number of β-amino-alcohol motifs (C(OH)–C–C–N with tert-alkyl or cyclic N) is 1. The Morgan fingerprint density at radius 1 is 1.35 bits per heavy atom. The summed E-state index contributed by atoms with van der Waals surface area (Å²) in [6, 6.07) is 10.00. The lowest BCUT2D eigenvalue weighted by atomic mass is 10.0. The third-order valence-corrected chi connectivity index (χ3v) is 4.32. The van der Waals surface area contributed by atoms with Gasteiger partial charge in [0.1, 0.15) is 0 Å². The quantitative estimate of drug-likeness (QED) is 0.801. The van der Waals surface area contributed by atoms with E-state index in [0.29, 0.717) is 6.54 Å². The molecule has 1 aromatic carbocycles. The fraction of sp³-hybridized carbons (Fsp3) is 0.647. The molecule has 1 aliphatic rings. The smallest absolute Gasteiger partial charge is 0.0820 e. The number of rotatable bonds is 7. The highest BCUT2D eigenvalue weighted by atomic mass is 16.3. The molecule has 1 fully saturated rings. The summed E-state index contributed by atoms with van der Waals surface area (Å²) < 4.78 is 0. The minimum atomic E-state index is -0.435. The van der Waals surface area contributed by atoms with Crippen LogP contribution in [0.3, 0.4) is 0 Å². The van der Waals surface area contributed by atoms with Gasteiger partial charge < -0.3 is 15.7 Å². The Hall–Kier alpha value is -0.900. The molecule has 0 aromatic heterocycles. The number of likely N-dealkylation sites (tertiary alicyclic amines) is 1. The van der Waals surface area contributed by atoms with Gasteiger partial charge in [0.05, 0.1) is 6.10 Å². The van der Waals surface area contributed by atoms with Gasteiger partial charge in [0, 0.05) is 19.1 Å². The van der Waals surface area contributed by atoms with E-state index in [4.69, 9.17) is 5.73 Å². The zero-order valence-electron chi connectivity index (χ0n) is 12.5. The first-order valence-corrected chi connectivity index (χ1v) is 7.89. The van der Waals surface area contributed by atoms with Crippen molar-refractivity contribution in [2.75, 3.05) is 19.6 Å². The molecule has 1 aliphatic heterocycles. The van der Waals surface area contributed by atoms with Crippen molar-refractivity contribution in [1.29, 1.82) is 0 Å². The molecule has 3 heteroatoms. The van der Waals surface area contributed by atoms with Crippen LogP contribution in [0, 0.1) is 5.92 Å². The van der Waals surface area contributed by atoms with E-state index in [-0.39, 0.29) is 6.04 Å². The van der Waals surface area contributed by atoms with Crippen LogP contribution in [0.5, 0.6) is 0 Å². The molecule has 2 rings (SSSR count). The zero-order valence-corrected chi connectivity index (χ0v) is 12.5. The molecule has 0 radical (unpaired) electrons. The standard InChI is InChI=1S/C17H28N2O/c1-2-6-15-9-10-19(12-15)13-17(20)16(18)11-14-7-4-3-5-8-14/h3-5,7-8,15-17,20H,2,6,9-13,18H2,1H3. The van der Waals surface area contributed by atoms with E-state index < -0.39 is 6.10 Å². The van der Waals surface area contributed by atoms with E-state index in [0.717, 1.165) is 25.4 Å². The van der Waals surface area contributed by atoms with Crippen LogP contribution in [0.1, 0.15) is 31.7 Å². The van der Waals surface area contributed by atoms with Crippen molar-refractivity contribution in [2.45, 2.75) is 44.8 Å². The van der Waals surface area contributed by atoms with Crippen LogP contribution in [0.15, 0.2) is 30.3 Å². The van der Waals surface area contributed by atoms with E-state index in [1.54, 1.807) is 0 Å². The largest absolute Gasteiger partial charge is 0.390 e. The molecule has 3 atom stereocenters. The maximum Gasteiger partial charge on any atom is 0.0820 e. The molecule has 1 aromatic rings. The first kappa shape index (κ1) is 15.5. The summed E-state index contributed by atoms with van der Waals surface area (Å²) in [4.78, 5) is 2.37. The molecule has 0 spiro atoms. The van der Waals surface area contributed by atoms with E-state index >= 15 is 0 Å². The van der Waals surface area contributed by atoms with Gasteiger partial charge in [-0.1, -0.05) is 43.7 Å². The van der Waals surface area contributed by atoms with E-state index in [1.165, 1.54) is 24.8 Å². The maximum absolute atomic E-state index is 10.3. The molecule has 3 unspecified atom stereocenters. The highest BCUT2D eigenvalue weighted by Gasteiger charge is 2.25. The second-order valence-electron chi connectivity index (χ2n) is 6.12. The molecule has 0 amide bonds. The van der Waals surface area contributed by atoms with Crippen molar-refractivity contribution >= 4 is 0 Å². The Bertz CT molecular complexity index is 382. The Morgan fingerprint density at radius 3 is 2.80 bits per heavy atom. The highest BCUT2D eigenvalue weighted by molar-refractivity contribution is 5.16. The zero-order chi connectivity index (χ0) is 14.4. The molecule has 0 saturated carbocycles. The molecule has 3 nitrogen and oxygen atoms in total. The van der Waals surface area contributed by atoms with Gasteiger partial charge in [-0.25, -0.2) is 0 Å². The lowest BCUT2D eigenvalue weighted by Crippen LogP contribution is -2.44. The summed E-state index contributed by atoms with van der Waals surface area (Å²) in [6.45, 7) is 5.20. The van der Waals surface area contributed by atoms with Gasteiger partial charge in [-0.2, -0.15) is 0 Å². The number of aliphatic hydroxyl groups excluding tert-OH is 1.